The first-order valence-corrected chi connectivity index (χ1v) is 9.55. The number of ether oxygens (including phenoxy) is 1. The van der Waals surface area contributed by atoms with E-state index in [2.05, 4.69) is 24.1 Å². The molecule has 1 aromatic heterocycles. The van der Waals surface area contributed by atoms with Crippen molar-refractivity contribution in [1.29, 1.82) is 0 Å². The monoisotopic (exact) mass is 362 g/mol. The van der Waals surface area contributed by atoms with Gasteiger partial charge in [-0.25, -0.2) is 4.39 Å². The second kappa shape index (κ2) is 5.95. The van der Waals surface area contributed by atoms with Gasteiger partial charge >= 0.3 is 0 Å². The molecule has 0 saturated carbocycles. The van der Waals surface area contributed by atoms with Gasteiger partial charge in [0, 0.05) is 11.6 Å². The Bertz CT molecular complexity index is 824. The van der Waals surface area contributed by atoms with Crippen LogP contribution in [0.5, 0.6) is 5.75 Å². The van der Waals surface area contributed by atoms with E-state index in [-0.39, 0.29) is 23.2 Å². The van der Waals surface area contributed by atoms with Crippen LogP contribution in [0.3, 0.4) is 0 Å². The molecule has 0 aliphatic carbocycles. The summed E-state index contributed by atoms with van der Waals surface area (Å²) in [6.07, 6.45) is 2.28. The quantitative estimate of drug-likeness (QED) is 0.906. The van der Waals surface area contributed by atoms with Crippen molar-refractivity contribution in [3.05, 3.63) is 28.9 Å². The molecule has 5 rings (SSSR count). The Kier molecular flexibility index (Phi) is 4.00. The third-order valence-electron chi connectivity index (χ3n) is 5.89. The highest BCUT2D eigenvalue weighted by Gasteiger charge is 2.48. The van der Waals surface area contributed by atoms with E-state index >= 15 is 0 Å². The number of carbonyl (C=O) groups is 1. The fourth-order valence-electron chi connectivity index (χ4n) is 4.44. The lowest BCUT2D eigenvalue weighted by Gasteiger charge is -2.56. The SMILES string of the molecule is COc1c(F)ccc2cc(C(=O)N[C@H]3C4CCN(CC4)C3(C)C)sc12. The number of rotatable bonds is 3. The molecule has 3 aliphatic heterocycles. The fourth-order valence-corrected chi connectivity index (χ4v) is 5.52. The molecule has 6 heteroatoms. The molecule has 2 aromatic rings. The summed E-state index contributed by atoms with van der Waals surface area (Å²) in [5.74, 6) is 0.271. The van der Waals surface area contributed by atoms with Crippen molar-refractivity contribution in [1.82, 2.24) is 10.2 Å². The highest BCUT2D eigenvalue weighted by atomic mass is 32.1. The summed E-state index contributed by atoms with van der Waals surface area (Å²) in [6, 6.07) is 5.04. The van der Waals surface area contributed by atoms with Crippen LogP contribution in [0.15, 0.2) is 18.2 Å². The van der Waals surface area contributed by atoms with E-state index in [9.17, 15) is 9.18 Å². The summed E-state index contributed by atoms with van der Waals surface area (Å²) in [5, 5.41) is 4.10. The van der Waals surface area contributed by atoms with E-state index in [0.29, 0.717) is 15.5 Å². The van der Waals surface area contributed by atoms with Gasteiger partial charge in [-0.05, 0) is 63.2 Å². The molecule has 25 heavy (non-hydrogen) atoms. The molecular formula is C19H23FN2O2S. The number of thiophene rings is 1. The molecule has 1 amide bonds. The lowest BCUT2D eigenvalue weighted by molar-refractivity contribution is -0.0377. The minimum atomic E-state index is -0.401. The van der Waals surface area contributed by atoms with Crippen LogP contribution >= 0.6 is 11.3 Å². The number of benzene rings is 1. The molecule has 0 unspecified atom stereocenters. The number of amides is 1. The van der Waals surface area contributed by atoms with Gasteiger partial charge in [0.15, 0.2) is 11.6 Å². The summed E-state index contributed by atoms with van der Waals surface area (Å²) < 4.78 is 19.7. The van der Waals surface area contributed by atoms with Gasteiger partial charge < -0.3 is 10.1 Å². The van der Waals surface area contributed by atoms with Crippen LogP contribution < -0.4 is 10.1 Å². The van der Waals surface area contributed by atoms with E-state index < -0.39 is 5.82 Å². The molecule has 1 aromatic carbocycles. The number of nitrogens with zero attached hydrogens (tertiary/aromatic N) is 1. The summed E-state index contributed by atoms with van der Waals surface area (Å²) in [6.45, 7) is 6.66. The standard InChI is InChI=1S/C19H23FN2O2S/c1-19(2)17(11-6-8-22(19)9-7-11)21-18(23)14-10-12-4-5-13(20)15(24-3)16(12)25-14/h4-5,10-11,17H,6-9H2,1-3H3,(H,21,23)/t17-/m0/s1. The molecule has 3 fully saturated rings. The van der Waals surface area contributed by atoms with E-state index in [1.54, 1.807) is 6.07 Å². The first kappa shape index (κ1) is 16.8. The molecule has 0 radical (unpaired) electrons. The van der Waals surface area contributed by atoms with Gasteiger partial charge in [0.1, 0.15) is 0 Å². The Labute approximate surface area is 151 Å². The molecule has 134 valence electrons. The number of halogens is 1. The summed E-state index contributed by atoms with van der Waals surface area (Å²) in [4.78, 5) is 16.0. The van der Waals surface area contributed by atoms with Crippen LogP contribution in [-0.4, -0.2) is 42.6 Å². The normalized spacial score (nSPS) is 27.4. The zero-order valence-electron chi connectivity index (χ0n) is 14.8. The Morgan fingerprint density at radius 3 is 2.72 bits per heavy atom. The van der Waals surface area contributed by atoms with Crippen molar-refractivity contribution in [3.63, 3.8) is 0 Å². The lowest BCUT2D eigenvalue weighted by atomic mass is 9.72. The number of hydrogen-bond donors (Lipinski definition) is 1. The van der Waals surface area contributed by atoms with Crippen LogP contribution in [-0.2, 0) is 0 Å². The highest BCUT2D eigenvalue weighted by molar-refractivity contribution is 7.21. The third-order valence-corrected chi connectivity index (χ3v) is 7.04. The van der Waals surface area contributed by atoms with Crippen molar-refractivity contribution in [2.24, 2.45) is 5.92 Å². The topological polar surface area (TPSA) is 41.6 Å². The van der Waals surface area contributed by atoms with Gasteiger partial charge in [-0.1, -0.05) is 6.07 Å². The van der Waals surface area contributed by atoms with Crippen molar-refractivity contribution in [2.45, 2.75) is 38.3 Å². The molecule has 3 aliphatic rings. The van der Waals surface area contributed by atoms with Crippen LogP contribution in [0, 0.1) is 11.7 Å². The number of nitrogens with one attached hydrogen (secondary N) is 1. The van der Waals surface area contributed by atoms with E-state index in [0.717, 1.165) is 31.3 Å². The highest BCUT2D eigenvalue weighted by Crippen LogP contribution is 2.40. The number of carbonyl (C=O) groups excluding carboxylic acids is 1. The number of fused-ring (bicyclic) bond motifs is 4. The van der Waals surface area contributed by atoms with E-state index in [4.69, 9.17) is 4.74 Å². The maximum absolute atomic E-state index is 13.9. The summed E-state index contributed by atoms with van der Waals surface area (Å²) in [7, 11) is 1.45. The Hall–Kier alpha value is -1.66. The zero-order valence-corrected chi connectivity index (χ0v) is 15.6. The average molecular weight is 362 g/mol. The van der Waals surface area contributed by atoms with Gasteiger partial charge in [0.05, 0.1) is 16.7 Å². The second-order valence-electron chi connectivity index (χ2n) is 7.54. The van der Waals surface area contributed by atoms with Crippen LogP contribution in [0.4, 0.5) is 4.39 Å². The Morgan fingerprint density at radius 2 is 2.08 bits per heavy atom. The first-order valence-electron chi connectivity index (χ1n) is 8.74. The van der Waals surface area contributed by atoms with Gasteiger partial charge in [-0.15, -0.1) is 11.3 Å². The predicted molar refractivity (Wildman–Crippen MR) is 98.0 cm³/mol. The Morgan fingerprint density at radius 1 is 1.36 bits per heavy atom. The van der Waals surface area contributed by atoms with Crippen molar-refractivity contribution < 1.29 is 13.9 Å². The van der Waals surface area contributed by atoms with E-state index in [1.165, 1.54) is 24.5 Å². The van der Waals surface area contributed by atoms with Crippen molar-refractivity contribution in [2.75, 3.05) is 20.2 Å². The number of hydrogen-bond acceptors (Lipinski definition) is 4. The maximum Gasteiger partial charge on any atom is 0.261 e. The lowest BCUT2D eigenvalue weighted by Crippen LogP contribution is -2.69. The molecule has 1 atom stereocenters. The minimum absolute atomic E-state index is 0.0304. The summed E-state index contributed by atoms with van der Waals surface area (Å²) in [5.41, 5.74) is -0.0304. The summed E-state index contributed by atoms with van der Waals surface area (Å²) >= 11 is 1.29. The van der Waals surface area contributed by atoms with Crippen molar-refractivity contribution in [3.8, 4) is 5.75 Å². The molecule has 2 bridgehead atoms. The Balaban J connectivity index is 1.62. The molecule has 0 spiro atoms. The maximum atomic E-state index is 13.9. The predicted octanol–water partition coefficient (Wildman–Crippen LogP) is 3.65. The molecule has 4 heterocycles. The largest absolute Gasteiger partial charge is 0.492 e. The smallest absolute Gasteiger partial charge is 0.261 e. The third kappa shape index (κ3) is 2.62. The van der Waals surface area contributed by atoms with Gasteiger partial charge in [-0.3, -0.25) is 9.69 Å². The van der Waals surface area contributed by atoms with Gasteiger partial charge in [-0.2, -0.15) is 0 Å². The number of methoxy groups -OCH3 is 1. The number of piperidine rings is 3. The van der Waals surface area contributed by atoms with Crippen LogP contribution in [0.2, 0.25) is 0 Å². The average Bonchev–Trinajstić information content (AvgIpc) is 3.02. The zero-order chi connectivity index (χ0) is 17.8. The second-order valence-corrected chi connectivity index (χ2v) is 8.59. The molecule has 3 saturated heterocycles. The van der Waals surface area contributed by atoms with Gasteiger partial charge in [0.2, 0.25) is 0 Å². The van der Waals surface area contributed by atoms with Crippen LogP contribution in [0.1, 0.15) is 36.4 Å². The molecule has 4 nitrogen and oxygen atoms in total. The van der Waals surface area contributed by atoms with Crippen molar-refractivity contribution >= 4 is 27.3 Å². The molecular weight excluding hydrogens is 339 g/mol. The van der Waals surface area contributed by atoms with E-state index in [1.807, 2.05) is 6.07 Å². The minimum Gasteiger partial charge on any atom is -0.492 e. The fraction of sp³-hybridized carbons (Fsp3) is 0.526. The van der Waals surface area contributed by atoms with Gasteiger partial charge in [0.25, 0.3) is 5.91 Å². The first-order chi connectivity index (χ1) is 11.9. The van der Waals surface area contributed by atoms with Crippen LogP contribution in [0.25, 0.3) is 10.1 Å². The molecule has 1 N–H and O–H groups in total.